The van der Waals surface area contributed by atoms with Gasteiger partial charge < -0.3 is 8.94 Å². The van der Waals surface area contributed by atoms with Crippen LogP contribution < -0.4 is 0 Å². The van der Waals surface area contributed by atoms with E-state index >= 15 is 0 Å². The molecule has 0 radical (unpaired) electrons. The number of hydrogen-bond acceptors (Lipinski definition) is 6. The summed E-state index contributed by atoms with van der Waals surface area (Å²) in [6, 6.07) is 13.4. The Morgan fingerprint density at radius 3 is 2.70 bits per heavy atom. The Labute approximate surface area is 131 Å². The molecule has 0 aliphatic heterocycles. The molecular formula is C16H13N5O2. The van der Waals surface area contributed by atoms with Crippen LogP contribution in [0, 0.1) is 0 Å². The predicted octanol–water partition coefficient (Wildman–Crippen LogP) is 3.14. The zero-order valence-corrected chi connectivity index (χ0v) is 12.4. The molecular weight excluding hydrogens is 294 g/mol. The summed E-state index contributed by atoms with van der Waals surface area (Å²) in [6.07, 6.45) is 2.30. The molecule has 0 saturated carbocycles. The van der Waals surface area contributed by atoms with Crippen LogP contribution in [0.25, 0.3) is 28.9 Å². The van der Waals surface area contributed by atoms with Gasteiger partial charge in [0.05, 0.1) is 17.6 Å². The van der Waals surface area contributed by atoms with Crippen molar-refractivity contribution < 1.29 is 8.94 Å². The average molecular weight is 307 g/mol. The number of hydrogen-bond donors (Lipinski definition) is 0. The number of nitrogens with zero attached hydrogens (tertiary/aromatic N) is 5. The van der Waals surface area contributed by atoms with Crippen molar-refractivity contribution in [3.63, 3.8) is 0 Å². The second-order valence-electron chi connectivity index (χ2n) is 4.89. The predicted molar refractivity (Wildman–Crippen MR) is 81.7 cm³/mol. The highest BCUT2D eigenvalue weighted by Gasteiger charge is 2.20. The molecule has 0 fully saturated rings. The number of furan rings is 1. The summed E-state index contributed by atoms with van der Waals surface area (Å²) in [4.78, 5) is 4.35. The molecule has 114 valence electrons. The van der Waals surface area contributed by atoms with Gasteiger partial charge in [-0.05, 0) is 30.7 Å². The van der Waals surface area contributed by atoms with Gasteiger partial charge in [-0.3, -0.25) is 0 Å². The minimum Gasteiger partial charge on any atom is -0.459 e. The summed E-state index contributed by atoms with van der Waals surface area (Å²) in [6.45, 7) is 2.04. The zero-order valence-electron chi connectivity index (χ0n) is 12.4. The highest BCUT2D eigenvalue weighted by atomic mass is 16.5. The second-order valence-corrected chi connectivity index (χ2v) is 4.89. The van der Waals surface area contributed by atoms with Gasteiger partial charge in [-0.25, -0.2) is 4.68 Å². The van der Waals surface area contributed by atoms with Crippen LogP contribution >= 0.6 is 0 Å². The summed E-state index contributed by atoms with van der Waals surface area (Å²) in [5.41, 5.74) is 2.47. The molecule has 3 heterocycles. The van der Waals surface area contributed by atoms with Gasteiger partial charge in [-0.1, -0.05) is 35.5 Å². The van der Waals surface area contributed by atoms with E-state index < -0.39 is 0 Å². The molecule has 0 N–H and O–H groups in total. The molecule has 0 saturated heterocycles. The van der Waals surface area contributed by atoms with E-state index in [0.29, 0.717) is 23.2 Å². The fourth-order valence-corrected chi connectivity index (χ4v) is 2.39. The molecule has 0 amide bonds. The zero-order chi connectivity index (χ0) is 15.6. The minimum absolute atomic E-state index is 0.321. The minimum atomic E-state index is 0.321. The van der Waals surface area contributed by atoms with E-state index in [0.717, 1.165) is 17.8 Å². The van der Waals surface area contributed by atoms with E-state index in [1.807, 2.05) is 37.3 Å². The molecule has 1 aromatic carbocycles. The lowest BCUT2D eigenvalue weighted by atomic mass is 10.2. The fraction of sp³-hybridized carbons (Fsp3) is 0.125. The van der Waals surface area contributed by atoms with Crippen LogP contribution in [0.5, 0.6) is 0 Å². The van der Waals surface area contributed by atoms with E-state index in [-0.39, 0.29) is 0 Å². The quantitative estimate of drug-likeness (QED) is 0.576. The van der Waals surface area contributed by atoms with Crippen molar-refractivity contribution in [1.82, 2.24) is 25.1 Å². The molecule has 0 spiro atoms. The first-order valence-corrected chi connectivity index (χ1v) is 7.24. The molecule has 23 heavy (non-hydrogen) atoms. The summed E-state index contributed by atoms with van der Waals surface area (Å²) in [7, 11) is 0. The topological polar surface area (TPSA) is 82.8 Å². The van der Waals surface area contributed by atoms with Crippen molar-refractivity contribution in [2.75, 3.05) is 0 Å². The maximum Gasteiger partial charge on any atom is 0.293 e. The van der Waals surface area contributed by atoms with Gasteiger partial charge in [0.25, 0.3) is 5.89 Å². The first-order valence-electron chi connectivity index (χ1n) is 7.24. The molecule has 0 aliphatic carbocycles. The third kappa shape index (κ3) is 2.32. The SMILES string of the molecule is CCc1c(-c2noc(-c3ccco3)n2)nnn1-c1ccccc1. The van der Waals surface area contributed by atoms with Crippen molar-refractivity contribution in [3.8, 4) is 28.9 Å². The lowest BCUT2D eigenvalue weighted by Crippen LogP contribution is -2.01. The van der Waals surface area contributed by atoms with Crippen molar-refractivity contribution >= 4 is 0 Å². The number of para-hydroxylation sites is 1. The second kappa shape index (κ2) is 5.53. The summed E-state index contributed by atoms with van der Waals surface area (Å²) >= 11 is 0. The van der Waals surface area contributed by atoms with Gasteiger partial charge in [0, 0.05) is 0 Å². The summed E-state index contributed by atoms with van der Waals surface area (Å²) in [5, 5.41) is 12.4. The highest BCUT2D eigenvalue weighted by molar-refractivity contribution is 5.56. The van der Waals surface area contributed by atoms with E-state index in [1.165, 1.54) is 0 Å². The monoisotopic (exact) mass is 307 g/mol. The van der Waals surface area contributed by atoms with Crippen molar-refractivity contribution in [2.24, 2.45) is 0 Å². The van der Waals surface area contributed by atoms with Gasteiger partial charge >= 0.3 is 0 Å². The van der Waals surface area contributed by atoms with Gasteiger partial charge in [0.2, 0.25) is 5.82 Å². The Morgan fingerprint density at radius 1 is 1.09 bits per heavy atom. The third-order valence-electron chi connectivity index (χ3n) is 3.47. The van der Waals surface area contributed by atoms with Crippen molar-refractivity contribution in [1.29, 1.82) is 0 Å². The van der Waals surface area contributed by atoms with Gasteiger partial charge in [-0.2, -0.15) is 4.98 Å². The Balaban J connectivity index is 1.77. The molecule has 0 aliphatic rings. The third-order valence-corrected chi connectivity index (χ3v) is 3.47. The first kappa shape index (κ1) is 13.4. The van der Waals surface area contributed by atoms with Crippen LogP contribution in [0.2, 0.25) is 0 Å². The normalized spacial score (nSPS) is 11.0. The van der Waals surface area contributed by atoms with Crippen LogP contribution in [0.4, 0.5) is 0 Å². The van der Waals surface area contributed by atoms with Crippen LogP contribution in [0.15, 0.2) is 57.7 Å². The Bertz CT molecular complexity index is 909. The molecule has 4 rings (SSSR count). The standard InChI is InChI=1S/C16H13N5O2/c1-2-12-14(18-20-21(12)11-7-4-3-5-8-11)15-17-16(23-19-15)13-9-6-10-22-13/h3-10H,2H2,1H3. The van der Waals surface area contributed by atoms with E-state index in [1.54, 1.807) is 23.1 Å². The molecule has 0 atom stereocenters. The number of rotatable bonds is 4. The Hall–Kier alpha value is -3.22. The van der Waals surface area contributed by atoms with Crippen molar-refractivity contribution in [3.05, 3.63) is 54.4 Å². The maximum absolute atomic E-state index is 5.26. The molecule has 0 unspecified atom stereocenters. The highest BCUT2D eigenvalue weighted by Crippen LogP contribution is 2.25. The van der Waals surface area contributed by atoms with Gasteiger partial charge in [0.1, 0.15) is 0 Å². The lowest BCUT2D eigenvalue weighted by Gasteiger charge is -2.04. The maximum atomic E-state index is 5.26. The van der Waals surface area contributed by atoms with Crippen LogP contribution in [0.3, 0.4) is 0 Å². The molecule has 7 heteroatoms. The van der Waals surface area contributed by atoms with E-state index in [9.17, 15) is 0 Å². The van der Waals surface area contributed by atoms with Crippen molar-refractivity contribution in [2.45, 2.75) is 13.3 Å². The number of aromatic nitrogens is 5. The van der Waals surface area contributed by atoms with Crippen LogP contribution in [-0.2, 0) is 6.42 Å². The smallest absolute Gasteiger partial charge is 0.293 e. The first-order chi connectivity index (χ1) is 11.4. The Kier molecular flexibility index (Phi) is 3.23. The van der Waals surface area contributed by atoms with Crippen LogP contribution in [0.1, 0.15) is 12.6 Å². The summed E-state index contributed by atoms with van der Waals surface area (Å²) in [5.74, 6) is 1.24. The fourth-order valence-electron chi connectivity index (χ4n) is 2.39. The Morgan fingerprint density at radius 2 is 1.96 bits per heavy atom. The van der Waals surface area contributed by atoms with Crippen LogP contribution in [-0.4, -0.2) is 25.1 Å². The van der Waals surface area contributed by atoms with E-state index in [2.05, 4.69) is 20.5 Å². The summed E-state index contributed by atoms with van der Waals surface area (Å²) < 4.78 is 12.3. The average Bonchev–Trinajstić information content (AvgIpc) is 3.33. The molecule has 7 nitrogen and oxygen atoms in total. The molecule has 0 bridgehead atoms. The van der Waals surface area contributed by atoms with Gasteiger partial charge in [0.15, 0.2) is 11.5 Å². The van der Waals surface area contributed by atoms with Gasteiger partial charge in [-0.15, -0.1) is 5.10 Å². The molecule has 3 aromatic heterocycles. The number of benzene rings is 1. The molecule has 4 aromatic rings. The van der Waals surface area contributed by atoms with E-state index in [4.69, 9.17) is 8.94 Å². The largest absolute Gasteiger partial charge is 0.459 e. The lowest BCUT2D eigenvalue weighted by molar-refractivity contribution is 0.416.